The van der Waals surface area contributed by atoms with E-state index < -0.39 is 11.8 Å². The van der Waals surface area contributed by atoms with Crippen LogP contribution in [0.25, 0.3) is 17.0 Å². The zero-order valence-corrected chi connectivity index (χ0v) is 17.9. The average molecular weight is 445 g/mol. The molecule has 0 atom stereocenters. The lowest BCUT2D eigenvalue weighted by atomic mass is 10.1. The number of hydrogen-bond donors (Lipinski definition) is 3. The number of aromatic nitrogens is 2. The summed E-state index contributed by atoms with van der Waals surface area (Å²) in [5.74, 6) is -0.855. The highest BCUT2D eigenvalue weighted by atomic mass is 35.5. The second-order valence-corrected chi connectivity index (χ2v) is 7.55. The van der Waals surface area contributed by atoms with Crippen LogP contribution in [0.2, 0.25) is 5.02 Å². The van der Waals surface area contributed by atoms with E-state index in [4.69, 9.17) is 11.6 Å². The number of nitrogens with zero attached hydrogens (tertiary/aromatic N) is 1. The van der Waals surface area contributed by atoms with Gasteiger partial charge < -0.3 is 15.6 Å². The molecule has 0 bridgehead atoms. The Morgan fingerprint density at radius 1 is 1.03 bits per heavy atom. The van der Waals surface area contributed by atoms with Crippen molar-refractivity contribution >= 4 is 40.4 Å². The molecule has 160 valence electrons. The summed E-state index contributed by atoms with van der Waals surface area (Å²) >= 11 is 6.14. The molecule has 4 rings (SSSR count). The fourth-order valence-corrected chi connectivity index (χ4v) is 3.59. The van der Waals surface area contributed by atoms with Crippen LogP contribution in [0, 0.1) is 0 Å². The van der Waals surface area contributed by atoms with Crippen molar-refractivity contribution in [3.05, 3.63) is 107 Å². The molecule has 7 heteroatoms. The smallest absolute Gasteiger partial charge is 0.267 e. The van der Waals surface area contributed by atoms with E-state index in [1.165, 1.54) is 0 Å². The van der Waals surface area contributed by atoms with E-state index in [2.05, 4.69) is 20.6 Å². The molecule has 0 spiro atoms. The van der Waals surface area contributed by atoms with Crippen molar-refractivity contribution in [2.24, 2.45) is 0 Å². The van der Waals surface area contributed by atoms with Gasteiger partial charge in [0.2, 0.25) is 0 Å². The number of aromatic amines is 1. The molecule has 32 heavy (non-hydrogen) atoms. The van der Waals surface area contributed by atoms with Crippen LogP contribution < -0.4 is 10.6 Å². The molecule has 4 aromatic rings. The zero-order chi connectivity index (χ0) is 22.3. The molecule has 0 aliphatic heterocycles. The van der Waals surface area contributed by atoms with Crippen LogP contribution in [-0.2, 0) is 11.2 Å². The summed E-state index contributed by atoms with van der Waals surface area (Å²) in [6.07, 6.45) is 7.43. The summed E-state index contributed by atoms with van der Waals surface area (Å²) < 4.78 is 0. The Morgan fingerprint density at radius 3 is 2.66 bits per heavy atom. The molecule has 6 nitrogen and oxygen atoms in total. The molecule has 0 unspecified atom stereocenters. The van der Waals surface area contributed by atoms with Crippen molar-refractivity contribution in [2.45, 2.75) is 6.42 Å². The highest BCUT2D eigenvalue weighted by molar-refractivity contribution is 6.34. The molecule has 2 aromatic carbocycles. The van der Waals surface area contributed by atoms with Gasteiger partial charge in [-0.2, -0.15) is 0 Å². The lowest BCUT2D eigenvalue weighted by molar-refractivity contribution is -0.117. The number of H-pyrrole nitrogens is 1. The third kappa shape index (κ3) is 5.04. The minimum Gasteiger partial charge on any atom is -0.361 e. The number of hydrogen-bond acceptors (Lipinski definition) is 3. The van der Waals surface area contributed by atoms with Crippen LogP contribution in [0.5, 0.6) is 0 Å². The maximum atomic E-state index is 12.9. The first-order valence-electron chi connectivity index (χ1n) is 10.1. The third-order valence-electron chi connectivity index (χ3n) is 4.96. The fourth-order valence-electron chi connectivity index (χ4n) is 3.37. The Labute approximate surface area is 190 Å². The Balaban J connectivity index is 1.49. The molecule has 0 saturated carbocycles. The maximum Gasteiger partial charge on any atom is 0.267 e. The molecular formula is C25H21ClN4O2. The van der Waals surface area contributed by atoms with Crippen LogP contribution in [0.4, 0.5) is 0 Å². The van der Waals surface area contributed by atoms with Crippen molar-refractivity contribution in [2.75, 3.05) is 6.54 Å². The Kier molecular flexibility index (Phi) is 6.63. The van der Waals surface area contributed by atoms with Gasteiger partial charge in [0.15, 0.2) is 0 Å². The van der Waals surface area contributed by atoms with E-state index in [0.29, 0.717) is 23.6 Å². The number of para-hydroxylation sites is 1. The van der Waals surface area contributed by atoms with Gasteiger partial charge in [-0.3, -0.25) is 14.6 Å². The van der Waals surface area contributed by atoms with E-state index >= 15 is 0 Å². The predicted molar refractivity (Wildman–Crippen MR) is 126 cm³/mol. The summed E-state index contributed by atoms with van der Waals surface area (Å²) in [7, 11) is 0. The van der Waals surface area contributed by atoms with Crippen molar-refractivity contribution in [1.82, 2.24) is 20.6 Å². The molecule has 0 aliphatic rings. The predicted octanol–water partition coefficient (Wildman–Crippen LogP) is 4.35. The number of nitrogens with one attached hydrogen (secondary N) is 3. The summed E-state index contributed by atoms with van der Waals surface area (Å²) in [6, 6.07) is 18.3. The zero-order valence-electron chi connectivity index (χ0n) is 17.1. The van der Waals surface area contributed by atoms with E-state index in [1.807, 2.05) is 30.5 Å². The molecule has 2 heterocycles. The second kappa shape index (κ2) is 9.94. The highest BCUT2D eigenvalue weighted by Crippen LogP contribution is 2.18. The number of benzene rings is 2. The van der Waals surface area contributed by atoms with Crippen LogP contribution >= 0.6 is 11.6 Å². The van der Waals surface area contributed by atoms with E-state index in [9.17, 15) is 9.59 Å². The molecule has 0 radical (unpaired) electrons. The Hall–Kier alpha value is -3.90. The quantitative estimate of drug-likeness (QED) is 0.370. The topological polar surface area (TPSA) is 86.9 Å². The lowest BCUT2D eigenvalue weighted by Gasteiger charge is -2.12. The van der Waals surface area contributed by atoms with E-state index in [0.717, 1.165) is 16.5 Å². The lowest BCUT2D eigenvalue weighted by Crippen LogP contribution is -2.35. The molecule has 0 fully saturated rings. The monoisotopic (exact) mass is 444 g/mol. The first-order chi connectivity index (χ1) is 15.6. The maximum absolute atomic E-state index is 12.9. The number of pyridine rings is 1. The Bertz CT molecular complexity index is 1280. The molecular weight excluding hydrogens is 424 g/mol. The standard InChI is InChI=1S/C25H21ClN4O2/c26-21-9-3-1-8-20(21)24(31)30-23(14-17-6-5-12-27-15-17)25(32)28-13-11-18-16-29-22-10-4-2-7-19(18)22/h1-10,12,14-16,29H,11,13H2,(H,28,32)(H,30,31)/b23-14+. The largest absolute Gasteiger partial charge is 0.361 e. The first kappa shape index (κ1) is 21.3. The normalized spacial score (nSPS) is 11.3. The summed E-state index contributed by atoms with van der Waals surface area (Å²) in [5.41, 5.74) is 3.25. The average Bonchev–Trinajstić information content (AvgIpc) is 3.22. The Morgan fingerprint density at radius 2 is 1.84 bits per heavy atom. The third-order valence-corrected chi connectivity index (χ3v) is 5.29. The number of rotatable bonds is 7. The van der Waals surface area contributed by atoms with Crippen molar-refractivity contribution in [3.63, 3.8) is 0 Å². The van der Waals surface area contributed by atoms with Gasteiger partial charge >= 0.3 is 0 Å². The summed E-state index contributed by atoms with van der Waals surface area (Å²) in [6.45, 7) is 0.410. The van der Waals surface area contributed by atoms with Gasteiger partial charge in [-0.15, -0.1) is 0 Å². The van der Waals surface area contributed by atoms with E-state index in [-0.39, 0.29) is 11.3 Å². The molecule has 0 saturated heterocycles. The molecule has 0 aliphatic carbocycles. The number of fused-ring (bicyclic) bond motifs is 1. The van der Waals surface area contributed by atoms with Crippen molar-refractivity contribution < 1.29 is 9.59 Å². The number of halogens is 1. The van der Waals surface area contributed by atoms with Gasteiger partial charge in [0.25, 0.3) is 11.8 Å². The number of carbonyl (C=O) groups is 2. The van der Waals surface area contributed by atoms with Crippen LogP contribution in [0.15, 0.2) is 85.0 Å². The van der Waals surface area contributed by atoms with Crippen LogP contribution in [0.1, 0.15) is 21.5 Å². The summed E-state index contributed by atoms with van der Waals surface area (Å²) in [5, 5.41) is 7.01. The van der Waals surface area contributed by atoms with Crippen LogP contribution in [-0.4, -0.2) is 28.3 Å². The number of carbonyl (C=O) groups excluding carboxylic acids is 2. The minimum absolute atomic E-state index is 0.113. The van der Waals surface area contributed by atoms with Gasteiger partial charge in [0, 0.05) is 36.0 Å². The van der Waals surface area contributed by atoms with Gasteiger partial charge in [0.05, 0.1) is 10.6 Å². The van der Waals surface area contributed by atoms with Crippen LogP contribution in [0.3, 0.4) is 0 Å². The van der Waals surface area contributed by atoms with Gasteiger partial charge in [-0.05, 0) is 47.9 Å². The number of amides is 2. The van der Waals surface area contributed by atoms with Crippen molar-refractivity contribution in [1.29, 1.82) is 0 Å². The minimum atomic E-state index is -0.461. The SMILES string of the molecule is O=C(NCCc1c[nH]c2ccccc12)/C(=C\c1cccnc1)NC(=O)c1ccccc1Cl. The highest BCUT2D eigenvalue weighted by Gasteiger charge is 2.16. The first-order valence-corrected chi connectivity index (χ1v) is 10.5. The van der Waals surface area contributed by atoms with E-state index in [1.54, 1.807) is 54.9 Å². The molecule has 3 N–H and O–H groups in total. The second-order valence-electron chi connectivity index (χ2n) is 7.14. The van der Waals surface area contributed by atoms with Crippen molar-refractivity contribution in [3.8, 4) is 0 Å². The molecule has 2 amide bonds. The summed E-state index contributed by atoms with van der Waals surface area (Å²) in [4.78, 5) is 33.0. The van der Waals surface area contributed by atoms with Gasteiger partial charge in [-0.25, -0.2) is 0 Å². The van der Waals surface area contributed by atoms with Gasteiger partial charge in [0.1, 0.15) is 5.70 Å². The van der Waals surface area contributed by atoms with Gasteiger partial charge in [-0.1, -0.05) is 48.0 Å². The fraction of sp³-hybridized carbons (Fsp3) is 0.0800. The molecule has 2 aromatic heterocycles.